The molecule has 174 valence electrons. The minimum atomic E-state index is -4.46. The first-order chi connectivity index (χ1) is 15.7. The number of carbonyl (C=O) groups is 1. The number of anilines is 1. The van der Waals surface area contributed by atoms with Gasteiger partial charge < -0.3 is 15.4 Å². The molecule has 0 saturated heterocycles. The third kappa shape index (κ3) is 5.08. The minimum Gasteiger partial charge on any atom is -0.383 e. The molecule has 1 amide bonds. The fourth-order valence-electron chi connectivity index (χ4n) is 3.93. The molecule has 6 nitrogen and oxygen atoms in total. The van der Waals surface area contributed by atoms with E-state index in [1.807, 2.05) is 13.0 Å². The number of nitrogens with zero attached hydrogens (tertiary/aromatic N) is 3. The number of benzene rings is 1. The number of hydrogen-bond donors (Lipinski definition) is 1. The molecular weight excluding hydrogens is 433 g/mol. The second kappa shape index (κ2) is 8.97. The molecule has 1 aromatic carbocycles. The third-order valence-corrected chi connectivity index (χ3v) is 5.94. The molecule has 9 heteroatoms. The van der Waals surface area contributed by atoms with Crippen molar-refractivity contribution in [3.05, 3.63) is 65.0 Å². The van der Waals surface area contributed by atoms with Gasteiger partial charge in [-0.05, 0) is 67.6 Å². The second-order valence-electron chi connectivity index (χ2n) is 8.43. The lowest BCUT2D eigenvalue weighted by molar-refractivity contribution is -0.137. The van der Waals surface area contributed by atoms with Crippen molar-refractivity contribution in [2.75, 3.05) is 19.5 Å². The van der Waals surface area contributed by atoms with Crippen LogP contribution in [-0.4, -0.2) is 40.5 Å². The molecule has 1 unspecified atom stereocenters. The van der Waals surface area contributed by atoms with Crippen LogP contribution in [0.25, 0.3) is 10.9 Å². The molecule has 1 aliphatic rings. The maximum absolute atomic E-state index is 13.6. The summed E-state index contributed by atoms with van der Waals surface area (Å²) in [5, 5.41) is 0.787. The Morgan fingerprint density at radius 1 is 1.24 bits per heavy atom. The van der Waals surface area contributed by atoms with Crippen LogP contribution >= 0.6 is 0 Å². The molecule has 4 rings (SSSR count). The van der Waals surface area contributed by atoms with Crippen molar-refractivity contribution in [3.63, 3.8) is 0 Å². The van der Waals surface area contributed by atoms with Gasteiger partial charge in [-0.2, -0.15) is 13.2 Å². The summed E-state index contributed by atoms with van der Waals surface area (Å²) < 4.78 is 44.2. The molecule has 0 aliphatic heterocycles. The number of ether oxygens (including phenoxy) is 1. The molecule has 2 heterocycles. The number of nitrogen functional groups attached to an aromatic ring is 1. The van der Waals surface area contributed by atoms with Gasteiger partial charge in [-0.15, -0.1) is 0 Å². The van der Waals surface area contributed by atoms with E-state index >= 15 is 0 Å². The van der Waals surface area contributed by atoms with Crippen LogP contribution in [0.4, 0.5) is 19.0 Å². The van der Waals surface area contributed by atoms with E-state index in [2.05, 4.69) is 9.97 Å². The molecule has 1 saturated carbocycles. The van der Waals surface area contributed by atoms with Gasteiger partial charge in [0.2, 0.25) is 0 Å². The maximum atomic E-state index is 13.6. The predicted octanol–water partition coefficient (Wildman–Crippen LogP) is 4.61. The van der Waals surface area contributed by atoms with Crippen molar-refractivity contribution >= 4 is 22.6 Å². The normalized spacial score (nSPS) is 14.9. The van der Waals surface area contributed by atoms with E-state index in [0.29, 0.717) is 29.2 Å². The summed E-state index contributed by atoms with van der Waals surface area (Å²) in [5.41, 5.74) is 7.40. The van der Waals surface area contributed by atoms with Gasteiger partial charge in [0.1, 0.15) is 5.82 Å². The zero-order valence-corrected chi connectivity index (χ0v) is 18.4. The monoisotopic (exact) mass is 458 g/mol. The average molecular weight is 458 g/mol. The molecule has 0 bridgehead atoms. The molecule has 2 N–H and O–H groups in total. The van der Waals surface area contributed by atoms with Crippen molar-refractivity contribution < 1.29 is 22.7 Å². The second-order valence-corrected chi connectivity index (χ2v) is 8.43. The summed E-state index contributed by atoms with van der Waals surface area (Å²) in [5.74, 6) is 0.486. The van der Waals surface area contributed by atoms with E-state index in [-0.39, 0.29) is 24.4 Å². The van der Waals surface area contributed by atoms with Crippen molar-refractivity contribution in [2.24, 2.45) is 5.92 Å². The number of halogens is 3. The summed E-state index contributed by atoms with van der Waals surface area (Å²) in [6, 6.07) is 9.18. The SMILES string of the molecule is COCC(C1CC1)N(Cc1ccc(C(F)(F)F)cn1)C(=O)c1ccc2nc(N)c(C)cc2c1. The van der Waals surface area contributed by atoms with Crippen LogP contribution < -0.4 is 5.73 Å². The number of aromatic nitrogens is 2. The molecule has 3 aromatic rings. The average Bonchev–Trinajstić information content (AvgIpc) is 3.61. The molecule has 1 aliphatic carbocycles. The van der Waals surface area contributed by atoms with Gasteiger partial charge >= 0.3 is 6.18 Å². The molecule has 0 spiro atoms. The fraction of sp³-hybridized carbons (Fsp3) is 0.375. The van der Waals surface area contributed by atoms with Crippen LogP contribution in [0.2, 0.25) is 0 Å². The lowest BCUT2D eigenvalue weighted by Gasteiger charge is -2.31. The third-order valence-electron chi connectivity index (χ3n) is 5.94. The van der Waals surface area contributed by atoms with Gasteiger partial charge in [0, 0.05) is 24.3 Å². The number of amides is 1. The standard InChI is InChI=1S/C24H25F3N4O2/c1-14-9-17-10-16(5-8-20(17)30-22(14)28)23(32)31(21(13-33-2)15-3-4-15)12-19-7-6-18(11-29-19)24(25,26)27/h5-11,15,21H,3-4,12-13H2,1-2H3,(H2,28,30). The van der Waals surface area contributed by atoms with Gasteiger partial charge in [-0.3, -0.25) is 9.78 Å². The lowest BCUT2D eigenvalue weighted by atomic mass is 10.1. The Labute approximate surface area is 189 Å². The first-order valence-electron chi connectivity index (χ1n) is 10.7. The van der Waals surface area contributed by atoms with E-state index in [9.17, 15) is 18.0 Å². The lowest BCUT2D eigenvalue weighted by Crippen LogP contribution is -2.44. The highest BCUT2D eigenvalue weighted by atomic mass is 19.4. The van der Waals surface area contributed by atoms with Crippen molar-refractivity contribution in [2.45, 2.75) is 38.5 Å². The topological polar surface area (TPSA) is 81.3 Å². The van der Waals surface area contributed by atoms with Gasteiger partial charge in [-0.25, -0.2) is 4.98 Å². The number of nitrogens with two attached hydrogens (primary N) is 1. The Morgan fingerprint density at radius 2 is 2.00 bits per heavy atom. The van der Waals surface area contributed by atoms with Gasteiger partial charge in [0.15, 0.2) is 0 Å². The summed E-state index contributed by atoms with van der Waals surface area (Å²) in [7, 11) is 1.57. The van der Waals surface area contributed by atoms with Crippen LogP contribution in [0, 0.1) is 12.8 Å². The molecule has 1 fully saturated rings. The highest BCUT2D eigenvalue weighted by Gasteiger charge is 2.38. The summed E-state index contributed by atoms with van der Waals surface area (Å²) in [4.78, 5) is 23.6. The van der Waals surface area contributed by atoms with Crippen LogP contribution in [0.15, 0.2) is 42.6 Å². The number of methoxy groups -OCH3 is 1. The molecule has 1 atom stereocenters. The highest BCUT2D eigenvalue weighted by Crippen LogP contribution is 2.37. The molecule has 0 radical (unpaired) electrons. The van der Waals surface area contributed by atoms with Crippen LogP contribution in [0.1, 0.15) is 40.0 Å². The quantitative estimate of drug-likeness (QED) is 0.559. The van der Waals surface area contributed by atoms with E-state index in [4.69, 9.17) is 10.5 Å². The van der Waals surface area contributed by atoms with Crippen molar-refractivity contribution in [1.29, 1.82) is 0 Å². The Morgan fingerprint density at radius 3 is 2.61 bits per heavy atom. The van der Waals surface area contributed by atoms with Gasteiger partial charge in [0.05, 0.1) is 36.0 Å². The minimum absolute atomic E-state index is 0.0819. The van der Waals surface area contributed by atoms with E-state index in [0.717, 1.165) is 36.1 Å². The number of aryl methyl sites for hydroxylation is 1. The first kappa shape index (κ1) is 23.0. The fourth-order valence-corrected chi connectivity index (χ4v) is 3.93. The first-order valence-corrected chi connectivity index (χ1v) is 10.7. The number of alkyl halides is 3. The van der Waals surface area contributed by atoms with E-state index in [1.165, 1.54) is 6.07 Å². The Balaban J connectivity index is 1.67. The Kier molecular flexibility index (Phi) is 6.25. The molecule has 2 aromatic heterocycles. The van der Waals surface area contributed by atoms with Gasteiger partial charge in [-0.1, -0.05) is 0 Å². The van der Waals surface area contributed by atoms with E-state index in [1.54, 1.807) is 30.2 Å². The zero-order valence-electron chi connectivity index (χ0n) is 18.4. The largest absolute Gasteiger partial charge is 0.417 e. The molecule has 33 heavy (non-hydrogen) atoms. The number of rotatable bonds is 7. The van der Waals surface area contributed by atoms with E-state index < -0.39 is 11.7 Å². The van der Waals surface area contributed by atoms with Crippen molar-refractivity contribution in [1.82, 2.24) is 14.9 Å². The van der Waals surface area contributed by atoms with Gasteiger partial charge in [0.25, 0.3) is 5.91 Å². The number of pyridine rings is 2. The smallest absolute Gasteiger partial charge is 0.383 e. The summed E-state index contributed by atoms with van der Waals surface area (Å²) >= 11 is 0. The Hall–Kier alpha value is -3.20. The maximum Gasteiger partial charge on any atom is 0.417 e. The predicted molar refractivity (Wildman–Crippen MR) is 118 cm³/mol. The van der Waals surface area contributed by atoms with Crippen LogP contribution in [0.3, 0.4) is 0 Å². The number of hydrogen-bond acceptors (Lipinski definition) is 5. The summed E-state index contributed by atoms with van der Waals surface area (Å²) in [6.07, 6.45) is -1.72. The van der Waals surface area contributed by atoms with Crippen LogP contribution in [-0.2, 0) is 17.5 Å². The highest BCUT2D eigenvalue weighted by molar-refractivity contribution is 5.98. The molecular formula is C24H25F3N4O2. The Bertz CT molecular complexity index is 1160. The van der Waals surface area contributed by atoms with Crippen molar-refractivity contribution in [3.8, 4) is 0 Å². The zero-order chi connectivity index (χ0) is 23.8. The van der Waals surface area contributed by atoms with Crippen LogP contribution in [0.5, 0.6) is 0 Å². The number of carbonyl (C=O) groups excluding carboxylic acids is 1. The summed E-state index contributed by atoms with van der Waals surface area (Å²) in [6.45, 7) is 2.26. The number of fused-ring (bicyclic) bond motifs is 1.